The van der Waals surface area contributed by atoms with Crippen LogP contribution in [0.15, 0.2) is 18.2 Å². The summed E-state index contributed by atoms with van der Waals surface area (Å²) < 4.78 is 26.6. The highest BCUT2D eigenvalue weighted by molar-refractivity contribution is 5.22. The van der Waals surface area contributed by atoms with Gasteiger partial charge in [0.1, 0.15) is 11.6 Å². The van der Waals surface area contributed by atoms with E-state index in [1.54, 1.807) is 0 Å². The van der Waals surface area contributed by atoms with Crippen molar-refractivity contribution in [3.8, 4) is 0 Å². The molecule has 1 aromatic rings. The average molecular weight is 245 g/mol. The highest BCUT2D eigenvalue weighted by Gasteiger charge is 2.17. The smallest absolute Gasteiger partial charge is 0.131 e. The van der Waals surface area contributed by atoms with Gasteiger partial charge in [0.05, 0.1) is 17.8 Å². The van der Waals surface area contributed by atoms with Crippen molar-refractivity contribution in [2.45, 2.75) is 25.6 Å². The number of aliphatic hydroxyl groups is 2. The van der Waals surface area contributed by atoms with Gasteiger partial charge in [0, 0.05) is 13.1 Å². The molecule has 2 atom stereocenters. The van der Waals surface area contributed by atoms with E-state index in [9.17, 15) is 19.0 Å². The van der Waals surface area contributed by atoms with Crippen LogP contribution in [0, 0.1) is 11.6 Å². The first-order valence-corrected chi connectivity index (χ1v) is 5.57. The molecule has 1 rings (SSSR count). The van der Waals surface area contributed by atoms with E-state index in [1.807, 2.05) is 6.92 Å². The largest absolute Gasteiger partial charge is 0.392 e. The zero-order valence-corrected chi connectivity index (χ0v) is 9.66. The van der Waals surface area contributed by atoms with E-state index in [0.717, 1.165) is 12.1 Å². The van der Waals surface area contributed by atoms with Crippen LogP contribution in [0.4, 0.5) is 8.78 Å². The number of nitrogens with one attached hydrogen (secondary N) is 1. The molecule has 0 bridgehead atoms. The van der Waals surface area contributed by atoms with Gasteiger partial charge in [-0.3, -0.25) is 0 Å². The Labute approximate surface area is 99.1 Å². The third kappa shape index (κ3) is 4.03. The maximum Gasteiger partial charge on any atom is 0.131 e. The standard InChI is InChI=1S/C12H17F2NO2/c1-2-8(16)6-15-7-11(17)12-9(13)4-3-5-10(12)14/h3-5,8,11,15-17H,2,6-7H2,1H3. The molecule has 0 spiro atoms. The fourth-order valence-corrected chi connectivity index (χ4v) is 1.46. The van der Waals surface area contributed by atoms with Crippen LogP contribution >= 0.6 is 0 Å². The summed E-state index contributed by atoms with van der Waals surface area (Å²) in [5, 5.41) is 21.7. The van der Waals surface area contributed by atoms with Gasteiger partial charge in [0.15, 0.2) is 0 Å². The number of benzene rings is 1. The molecule has 3 N–H and O–H groups in total. The Balaban J connectivity index is 2.55. The molecule has 1 aromatic carbocycles. The molecule has 2 unspecified atom stereocenters. The molecular formula is C12H17F2NO2. The van der Waals surface area contributed by atoms with Gasteiger partial charge in [-0.1, -0.05) is 13.0 Å². The summed E-state index contributed by atoms with van der Waals surface area (Å²) in [6, 6.07) is 3.44. The lowest BCUT2D eigenvalue weighted by molar-refractivity contribution is 0.140. The number of rotatable bonds is 6. The second-order valence-corrected chi connectivity index (χ2v) is 3.87. The fraction of sp³-hybridized carbons (Fsp3) is 0.500. The van der Waals surface area contributed by atoms with Crippen LogP contribution in [0.3, 0.4) is 0 Å². The molecule has 0 aromatic heterocycles. The molecule has 0 heterocycles. The second-order valence-electron chi connectivity index (χ2n) is 3.87. The minimum Gasteiger partial charge on any atom is -0.392 e. The first-order valence-electron chi connectivity index (χ1n) is 5.57. The monoisotopic (exact) mass is 245 g/mol. The second kappa shape index (κ2) is 6.64. The summed E-state index contributed by atoms with van der Waals surface area (Å²) >= 11 is 0. The predicted molar refractivity (Wildman–Crippen MR) is 60.5 cm³/mol. The molecule has 0 saturated heterocycles. The lowest BCUT2D eigenvalue weighted by atomic mass is 10.1. The van der Waals surface area contributed by atoms with E-state index >= 15 is 0 Å². The Morgan fingerprint density at radius 1 is 1.18 bits per heavy atom. The summed E-state index contributed by atoms with van der Waals surface area (Å²) in [5.41, 5.74) is -0.342. The van der Waals surface area contributed by atoms with Crippen molar-refractivity contribution in [3.05, 3.63) is 35.4 Å². The summed E-state index contributed by atoms with van der Waals surface area (Å²) in [5.74, 6) is -1.54. The Hall–Kier alpha value is -1.04. The van der Waals surface area contributed by atoms with Crippen LogP contribution in [0.25, 0.3) is 0 Å². The molecule has 0 aliphatic heterocycles. The molecular weight excluding hydrogens is 228 g/mol. The zero-order chi connectivity index (χ0) is 12.8. The summed E-state index contributed by atoms with van der Waals surface area (Å²) in [7, 11) is 0. The molecule has 0 aliphatic rings. The molecule has 0 radical (unpaired) electrons. The van der Waals surface area contributed by atoms with Gasteiger partial charge >= 0.3 is 0 Å². The maximum atomic E-state index is 13.3. The lowest BCUT2D eigenvalue weighted by Gasteiger charge is -2.15. The van der Waals surface area contributed by atoms with Gasteiger partial charge in [-0.2, -0.15) is 0 Å². The van der Waals surface area contributed by atoms with Crippen LogP contribution in [0.5, 0.6) is 0 Å². The third-order valence-electron chi connectivity index (χ3n) is 2.52. The number of hydrogen-bond acceptors (Lipinski definition) is 3. The van der Waals surface area contributed by atoms with Crippen molar-refractivity contribution >= 4 is 0 Å². The van der Waals surface area contributed by atoms with E-state index in [4.69, 9.17) is 0 Å². The minimum absolute atomic E-state index is 0.00505. The van der Waals surface area contributed by atoms with Crippen molar-refractivity contribution in [1.29, 1.82) is 0 Å². The summed E-state index contributed by atoms with van der Waals surface area (Å²) in [6.45, 7) is 2.10. The quantitative estimate of drug-likeness (QED) is 0.709. The van der Waals surface area contributed by atoms with Crippen LogP contribution < -0.4 is 5.32 Å². The van der Waals surface area contributed by atoms with Crippen LogP contribution in [-0.2, 0) is 0 Å². The maximum absolute atomic E-state index is 13.3. The van der Waals surface area contributed by atoms with Crippen LogP contribution in [-0.4, -0.2) is 29.4 Å². The zero-order valence-electron chi connectivity index (χ0n) is 9.66. The minimum atomic E-state index is -1.26. The first-order chi connectivity index (χ1) is 8.06. The summed E-state index contributed by atoms with van der Waals surface area (Å²) in [6.07, 6.45) is -1.20. The molecule has 0 amide bonds. The highest BCUT2D eigenvalue weighted by atomic mass is 19.1. The van der Waals surface area contributed by atoms with Gasteiger partial charge in [-0.25, -0.2) is 8.78 Å². The predicted octanol–water partition coefficient (Wildman–Crippen LogP) is 1.36. The summed E-state index contributed by atoms with van der Waals surface area (Å²) in [4.78, 5) is 0. The molecule has 17 heavy (non-hydrogen) atoms. The van der Waals surface area contributed by atoms with Gasteiger partial charge < -0.3 is 15.5 Å². The van der Waals surface area contributed by atoms with E-state index in [-0.39, 0.29) is 18.7 Å². The van der Waals surface area contributed by atoms with E-state index in [0.29, 0.717) is 6.42 Å². The number of halogens is 2. The number of aliphatic hydroxyl groups excluding tert-OH is 2. The van der Waals surface area contributed by atoms with Crippen molar-refractivity contribution in [2.75, 3.05) is 13.1 Å². The molecule has 3 nitrogen and oxygen atoms in total. The SMILES string of the molecule is CCC(O)CNCC(O)c1c(F)cccc1F. The van der Waals surface area contributed by atoms with Crippen LogP contribution in [0.1, 0.15) is 25.0 Å². The molecule has 0 aliphatic carbocycles. The van der Waals surface area contributed by atoms with E-state index < -0.39 is 23.8 Å². The Morgan fingerprint density at radius 2 is 1.76 bits per heavy atom. The van der Waals surface area contributed by atoms with E-state index in [2.05, 4.69) is 5.32 Å². The van der Waals surface area contributed by atoms with Crippen molar-refractivity contribution in [1.82, 2.24) is 5.32 Å². The number of hydrogen-bond donors (Lipinski definition) is 3. The van der Waals surface area contributed by atoms with Crippen LogP contribution in [0.2, 0.25) is 0 Å². The van der Waals surface area contributed by atoms with E-state index in [1.165, 1.54) is 6.07 Å². The normalized spacial score (nSPS) is 14.6. The topological polar surface area (TPSA) is 52.5 Å². The molecule has 5 heteroatoms. The molecule has 0 fully saturated rings. The highest BCUT2D eigenvalue weighted by Crippen LogP contribution is 2.19. The van der Waals surface area contributed by atoms with Crippen molar-refractivity contribution < 1.29 is 19.0 Å². The molecule has 0 saturated carbocycles. The Bertz CT molecular complexity index is 340. The fourth-order valence-electron chi connectivity index (χ4n) is 1.46. The first kappa shape index (κ1) is 14.0. The van der Waals surface area contributed by atoms with Gasteiger partial charge in [0.2, 0.25) is 0 Å². The average Bonchev–Trinajstić information content (AvgIpc) is 2.28. The third-order valence-corrected chi connectivity index (χ3v) is 2.52. The lowest BCUT2D eigenvalue weighted by Crippen LogP contribution is -2.30. The molecule has 96 valence electrons. The van der Waals surface area contributed by atoms with Gasteiger partial charge in [-0.05, 0) is 18.6 Å². The van der Waals surface area contributed by atoms with Gasteiger partial charge in [-0.15, -0.1) is 0 Å². The Morgan fingerprint density at radius 3 is 2.29 bits per heavy atom. The Kier molecular flexibility index (Phi) is 5.47. The van der Waals surface area contributed by atoms with Gasteiger partial charge in [0.25, 0.3) is 0 Å². The van der Waals surface area contributed by atoms with Crippen molar-refractivity contribution in [3.63, 3.8) is 0 Å². The van der Waals surface area contributed by atoms with Crippen molar-refractivity contribution in [2.24, 2.45) is 0 Å².